The number of aryl methyl sites for hydroxylation is 1. The molecule has 0 radical (unpaired) electrons. The van der Waals surface area contributed by atoms with Crippen LogP contribution in [0.4, 0.5) is 0 Å². The largest absolute Gasteiger partial charge is 0.508 e. The van der Waals surface area contributed by atoms with E-state index in [-0.39, 0.29) is 11.5 Å². The Kier molecular flexibility index (Phi) is 2.82. The van der Waals surface area contributed by atoms with Crippen LogP contribution in [-0.2, 0) is 6.42 Å². The van der Waals surface area contributed by atoms with Crippen molar-refractivity contribution in [1.29, 1.82) is 0 Å². The summed E-state index contributed by atoms with van der Waals surface area (Å²) in [6.07, 6.45) is 0.770. The summed E-state index contributed by atoms with van der Waals surface area (Å²) in [4.78, 5) is 0. The third kappa shape index (κ3) is 1.87. The van der Waals surface area contributed by atoms with E-state index in [0.29, 0.717) is 0 Å². The Morgan fingerprint density at radius 3 is 2.31 bits per heavy atom. The lowest BCUT2D eigenvalue weighted by Crippen LogP contribution is -1.88. The van der Waals surface area contributed by atoms with Crippen molar-refractivity contribution in [2.24, 2.45) is 0 Å². The lowest BCUT2D eigenvalue weighted by Gasteiger charge is -2.11. The van der Waals surface area contributed by atoms with Crippen molar-refractivity contribution in [1.82, 2.24) is 0 Å². The van der Waals surface area contributed by atoms with Crippen LogP contribution in [-0.4, -0.2) is 10.2 Å². The number of benzene rings is 2. The lowest BCUT2D eigenvalue weighted by molar-refractivity contribution is 0.451. The van der Waals surface area contributed by atoms with E-state index < -0.39 is 0 Å². The highest BCUT2D eigenvalue weighted by Gasteiger charge is 2.10. The van der Waals surface area contributed by atoms with Gasteiger partial charge in [-0.05, 0) is 23.6 Å². The van der Waals surface area contributed by atoms with Crippen molar-refractivity contribution >= 4 is 0 Å². The van der Waals surface area contributed by atoms with Gasteiger partial charge in [0.2, 0.25) is 0 Å². The predicted octanol–water partition coefficient (Wildman–Crippen LogP) is 3.33. The predicted molar refractivity (Wildman–Crippen MR) is 64.6 cm³/mol. The van der Waals surface area contributed by atoms with E-state index in [4.69, 9.17) is 0 Å². The maximum absolute atomic E-state index is 9.90. The van der Waals surface area contributed by atoms with Crippen molar-refractivity contribution in [2.45, 2.75) is 13.3 Å². The Balaban J connectivity index is 2.64. The van der Waals surface area contributed by atoms with E-state index in [9.17, 15) is 10.2 Å². The van der Waals surface area contributed by atoms with Crippen molar-refractivity contribution in [3.05, 3.63) is 48.0 Å². The highest BCUT2D eigenvalue weighted by molar-refractivity contribution is 5.74. The first-order valence-corrected chi connectivity index (χ1v) is 5.32. The fraction of sp³-hybridized carbons (Fsp3) is 0.143. The van der Waals surface area contributed by atoms with Gasteiger partial charge >= 0.3 is 0 Å². The molecular weight excluding hydrogens is 200 g/mol. The molecule has 0 heterocycles. The molecule has 0 saturated carbocycles. The average Bonchev–Trinajstić information content (AvgIpc) is 2.29. The third-order valence-corrected chi connectivity index (χ3v) is 2.63. The molecule has 16 heavy (non-hydrogen) atoms. The zero-order valence-electron chi connectivity index (χ0n) is 9.14. The minimum atomic E-state index is 0.106. The van der Waals surface area contributed by atoms with Gasteiger partial charge in [-0.3, -0.25) is 0 Å². The van der Waals surface area contributed by atoms with Gasteiger partial charge in [0, 0.05) is 11.6 Å². The summed E-state index contributed by atoms with van der Waals surface area (Å²) in [5.41, 5.74) is 2.72. The molecule has 0 aliphatic carbocycles. The van der Waals surface area contributed by atoms with Crippen LogP contribution < -0.4 is 0 Å². The first-order chi connectivity index (χ1) is 7.72. The third-order valence-electron chi connectivity index (χ3n) is 2.63. The van der Waals surface area contributed by atoms with Crippen LogP contribution in [0.15, 0.2) is 42.5 Å². The molecule has 0 aromatic heterocycles. The highest BCUT2D eigenvalue weighted by Crippen LogP contribution is 2.36. The second-order valence-corrected chi connectivity index (χ2v) is 3.72. The van der Waals surface area contributed by atoms with Gasteiger partial charge in [0.1, 0.15) is 11.5 Å². The molecule has 0 unspecified atom stereocenters. The Morgan fingerprint density at radius 1 is 1.00 bits per heavy atom. The van der Waals surface area contributed by atoms with Crippen molar-refractivity contribution in [2.75, 3.05) is 0 Å². The average molecular weight is 214 g/mol. The van der Waals surface area contributed by atoms with E-state index in [1.807, 2.05) is 37.3 Å². The molecule has 2 N–H and O–H groups in total. The summed E-state index contributed by atoms with van der Waals surface area (Å²) in [6, 6.07) is 12.8. The van der Waals surface area contributed by atoms with Gasteiger partial charge in [0.05, 0.1) is 0 Å². The fourth-order valence-corrected chi connectivity index (χ4v) is 1.89. The van der Waals surface area contributed by atoms with Gasteiger partial charge in [0.25, 0.3) is 0 Å². The maximum atomic E-state index is 9.90. The molecule has 2 heteroatoms. The molecule has 0 atom stereocenters. The van der Waals surface area contributed by atoms with Crippen LogP contribution in [0.3, 0.4) is 0 Å². The number of hydrogen-bond donors (Lipinski definition) is 2. The van der Waals surface area contributed by atoms with E-state index in [1.165, 1.54) is 6.07 Å². The highest BCUT2D eigenvalue weighted by atomic mass is 16.3. The Labute approximate surface area is 94.8 Å². The molecule has 2 aromatic rings. The van der Waals surface area contributed by atoms with Crippen LogP contribution in [0.25, 0.3) is 11.1 Å². The second kappa shape index (κ2) is 4.27. The minimum Gasteiger partial charge on any atom is -0.508 e. The van der Waals surface area contributed by atoms with Crippen molar-refractivity contribution in [3.63, 3.8) is 0 Å². The van der Waals surface area contributed by atoms with Gasteiger partial charge < -0.3 is 10.2 Å². The van der Waals surface area contributed by atoms with Crippen LogP contribution in [0, 0.1) is 0 Å². The number of phenols is 2. The Hall–Kier alpha value is -1.96. The van der Waals surface area contributed by atoms with Gasteiger partial charge in [-0.1, -0.05) is 37.3 Å². The second-order valence-electron chi connectivity index (χ2n) is 3.72. The van der Waals surface area contributed by atoms with E-state index in [1.54, 1.807) is 6.07 Å². The van der Waals surface area contributed by atoms with Gasteiger partial charge in [-0.2, -0.15) is 0 Å². The van der Waals surface area contributed by atoms with E-state index in [2.05, 4.69) is 0 Å². The Morgan fingerprint density at radius 2 is 1.69 bits per heavy atom. The monoisotopic (exact) mass is 214 g/mol. The molecule has 0 amide bonds. The van der Waals surface area contributed by atoms with Crippen LogP contribution in [0.1, 0.15) is 12.5 Å². The lowest BCUT2D eigenvalue weighted by atomic mass is 9.97. The molecule has 82 valence electrons. The summed E-state index contributed by atoms with van der Waals surface area (Å²) in [6.45, 7) is 2.00. The maximum Gasteiger partial charge on any atom is 0.127 e. The molecule has 0 fully saturated rings. The number of hydrogen-bond acceptors (Lipinski definition) is 2. The summed E-state index contributed by atoms with van der Waals surface area (Å²) in [7, 11) is 0. The van der Waals surface area contributed by atoms with Crippen molar-refractivity contribution < 1.29 is 10.2 Å². The summed E-state index contributed by atoms with van der Waals surface area (Å²) < 4.78 is 0. The summed E-state index contributed by atoms with van der Waals surface area (Å²) >= 11 is 0. The van der Waals surface area contributed by atoms with Gasteiger partial charge in [-0.15, -0.1) is 0 Å². The first-order valence-electron chi connectivity index (χ1n) is 5.32. The zero-order chi connectivity index (χ0) is 11.5. The molecular formula is C14H14O2. The smallest absolute Gasteiger partial charge is 0.127 e. The number of rotatable bonds is 2. The summed E-state index contributed by atoms with van der Waals surface area (Å²) in [5.74, 6) is 0.233. The van der Waals surface area contributed by atoms with Crippen LogP contribution in [0.2, 0.25) is 0 Å². The molecule has 0 bridgehead atoms. The van der Waals surface area contributed by atoms with E-state index >= 15 is 0 Å². The quantitative estimate of drug-likeness (QED) is 0.805. The number of aromatic hydroxyl groups is 2. The standard InChI is InChI=1S/C14H14O2/c1-2-10-8-12(15)9-13(16)14(10)11-6-4-3-5-7-11/h3-9,15-16H,2H2,1H3. The molecule has 0 aliphatic rings. The van der Waals surface area contributed by atoms with Crippen LogP contribution in [0.5, 0.6) is 11.5 Å². The molecule has 0 spiro atoms. The molecule has 2 nitrogen and oxygen atoms in total. The first kappa shape index (κ1) is 10.6. The zero-order valence-corrected chi connectivity index (χ0v) is 9.14. The number of phenolic OH excluding ortho intramolecular Hbond substituents is 2. The summed E-state index contributed by atoms with van der Waals surface area (Å²) in [5, 5.41) is 19.3. The fourth-order valence-electron chi connectivity index (χ4n) is 1.89. The molecule has 0 aliphatic heterocycles. The SMILES string of the molecule is CCc1cc(O)cc(O)c1-c1ccccc1. The van der Waals surface area contributed by atoms with Gasteiger partial charge in [0.15, 0.2) is 0 Å². The molecule has 2 rings (SSSR count). The van der Waals surface area contributed by atoms with Crippen molar-refractivity contribution in [3.8, 4) is 22.6 Å². The van der Waals surface area contributed by atoms with Gasteiger partial charge in [-0.25, -0.2) is 0 Å². The van der Waals surface area contributed by atoms with Crippen LogP contribution >= 0.6 is 0 Å². The minimum absolute atomic E-state index is 0.106. The molecule has 2 aromatic carbocycles. The normalized spacial score (nSPS) is 10.3. The van der Waals surface area contributed by atoms with E-state index in [0.717, 1.165) is 23.1 Å². The topological polar surface area (TPSA) is 40.5 Å². The Bertz CT molecular complexity index is 490. The molecule has 0 saturated heterocycles.